The first-order valence-corrected chi connectivity index (χ1v) is 8.27. The van der Waals surface area contributed by atoms with Gasteiger partial charge < -0.3 is 14.7 Å². The van der Waals surface area contributed by atoms with Crippen LogP contribution in [0.5, 0.6) is 5.75 Å². The summed E-state index contributed by atoms with van der Waals surface area (Å²) < 4.78 is 6.21. The summed E-state index contributed by atoms with van der Waals surface area (Å²) in [6, 6.07) is 15.3. The minimum Gasteiger partial charge on any atom is -0.510 e. The van der Waals surface area contributed by atoms with Gasteiger partial charge in [-0.3, -0.25) is 5.41 Å². The lowest BCUT2D eigenvalue weighted by Gasteiger charge is -2.18. The lowest BCUT2D eigenvalue weighted by molar-refractivity contribution is 0.411. The fourth-order valence-corrected chi connectivity index (χ4v) is 3.80. The number of benzene rings is 2. The zero-order valence-corrected chi connectivity index (χ0v) is 13.8. The highest BCUT2D eigenvalue weighted by molar-refractivity contribution is 7.19. The van der Waals surface area contributed by atoms with Gasteiger partial charge in [0.1, 0.15) is 22.4 Å². The quantitative estimate of drug-likeness (QED) is 0.756. The molecular formula is C18H15N3O2S. The number of methoxy groups -OCH3 is 1. The maximum atomic E-state index is 10.4. The van der Waals surface area contributed by atoms with E-state index in [0.29, 0.717) is 10.6 Å². The van der Waals surface area contributed by atoms with E-state index in [1.54, 1.807) is 12.0 Å². The summed E-state index contributed by atoms with van der Waals surface area (Å²) in [6.45, 7) is 0.274. The Bertz CT molecular complexity index is 927. The number of hydrogen-bond donors (Lipinski definition) is 2. The van der Waals surface area contributed by atoms with Crippen LogP contribution in [0.3, 0.4) is 0 Å². The van der Waals surface area contributed by atoms with Gasteiger partial charge in [0.2, 0.25) is 0 Å². The average Bonchev–Trinajstić information content (AvgIpc) is 3.15. The molecule has 24 heavy (non-hydrogen) atoms. The topological polar surface area (TPSA) is 69.4 Å². The van der Waals surface area contributed by atoms with E-state index in [9.17, 15) is 5.11 Å². The van der Waals surface area contributed by atoms with Gasteiger partial charge in [0.15, 0.2) is 0 Å². The first kappa shape index (κ1) is 14.7. The van der Waals surface area contributed by atoms with E-state index in [2.05, 4.69) is 4.98 Å². The van der Waals surface area contributed by atoms with Crippen LogP contribution in [0.25, 0.3) is 15.8 Å². The molecule has 0 saturated heterocycles. The van der Waals surface area contributed by atoms with Gasteiger partial charge in [0.05, 0.1) is 29.4 Å². The molecule has 0 fully saturated rings. The summed E-state index contributed by atoms with van der Waals surface area (Å²) in [5, 5.41) is 19.6. The molecular weight excluding hydrogens is 322 g/mol. The van der Waals surface area contributed by atoms with Crippen LogP contribution in [0.4, 0.5) is 5.69 Å². The molecule has 2 heterocycles. The van der Waals surface area contributed by atoms with Crippen molar-refractivity contribution in [3.63, 3.8) is 0 Å². The molecule has 0 atom stereocenters. The second kappa shape index (κ2) is 5.65. The minimum absolute atomic E-state index is 0.176. The number of nitrogens with zero attached hydrogens (tertiary/aromatic N) is 2. The van der Waals surface area contributed by atoms with Crippen molar-refractivity contribution in [1.82, 2.24) is 4.98 Å². The fourth-order valence-electron chi connectivity index (χ4n) is 2.77. The Morgan fingerprint density at radius 2 is 1.92 bits per heavy atom. The van der Waals surface area contributed by atoms with Crippen LogP contribution in [-0.2, 0) is 0 Å². The van der Waals surface area contributed by atoms with Crippen LogP contribution in [-0.4, -0.2) is 29.6 Å². The van der Waals surface area contributed by atoms with Crippen LogP contribution in [0.15, 0.2) is 54.3 Å². The van der Waals surface area contributed by atoms with E-state index in [0.717, 1.165) is 21.7 Å². The molecule has 4 rings (SSSR count). The van der Waals surface area contributed by atoms with Crippen LogP contribution >= 0.6 is 11.3 Å². The van der Waals surface area contributed by atoms with Crippen LogP contribution < -0.4 is 9.64 Å². The summed E-state index contributed by atoms with van der Waals surface area (Å²) in [7, 11) is 1.62. The number of amidine groups is 1. The van der Waals surface area contributed by atoms with Crippen LogP contribution in [0, 0.1) is 5.41 Å². The van der Waals surface area contributed by atoms with E-state index in [-0.39, 0.29) is 18.1 Å². The van der Waals surface area contributed by atoms with Gasteiger partial charge in [0.25, 0.3) is 0 Å². The summed E-state index contributed by atoms with van der Waals surface area (Å²) in [4.78, 5) is 6.32. The van der Waals surface area contributed by atoms with Gasteiger partial charge in [-0.1, -0.05) is 12.1 Å². The van der Waals surface area contributed by atoms with Crippen molar-refractivity contribution in [2.24, 2.45) is 0 Å². The smallest absolute Gasteiger partial charge is 0.139 e. The van der Waals surface area contributed by atoms with Gasteiger partial charge >= 0.3 is 0 Å². The maximum Gasteiger partial charge on any atom is 0.139 e. The first-order valence-electron chi connectivity index (χ1n) is 7.46. The highest BCUT2D eigenvalue weighted by Crippen LogP contribution is 2.35. The normalized spacial score (nSPS) is 14.7. The molecule has 120 valence electrons. The molecule has 6 heteroatoms. The van der Waals surface area contributed by atoms with Crippen molar-refractivity contribution in [1.29, 1.82) is 5.41 Å². The molecule has 0 bridgehead atoms. The Balaban J connectivity index is 1.69. The number of fused-ring (bicyclic) bond motifs is 1. The molecule has 2 aromatic carbocycles. The Hall–Kier alpha value is -2.86. The molecule has 1 aliphatic rings. The third kappa shape index (κ3) is 2.32. The van der Waals surface area contributed by atoms with E-state index in [1.165, 1.54) is 11.3 Å². The third-order valence-corrected chi connectivity index (χ3v) is 5.05. The lowest BCUT2D eigenvalue weighted by atomic mass is 10.2. The average molecular weight is 337 g/mol. The minimum atomic E-state index is 0.176. The van der Waals surface area contributed by atoms with Crippen molar-refractivity contribution < 1.29 is 9.84 Å². The standard InChI is InChI=1S/C18H15N3O2S/c1-23-12-8-6-11(7-9-12)21-10-14(22)16(17(21)19)18-20-13-4-2-3-5-15(13)24-18/h2-9,19,22H,10H2,1H3. The molecule has 1 aliphatic heterocycles. The third-order valence-electron chi connectivity index (χ3n) is 4.00. The highest BCUT2D eigenvalue weighted by Gasteiger charge is 2.31. The Morgan fingerprint density at radius 1 is 1.17 bits per heavy atom. The summed E-state index contributed by atoms with van der Waals surface area (Å²) in [5.74, 6) is 1.19. The number of aromatic nitrogens is 1. The fraction of sp³-hybridized carbons (Fsp3) is 0.111. The number of thiazole rings is 1. The Morgan fingerprint density at radius 3 is 2.62 bits per heavy atom. The number of nitrogens with one attached hydrogen (secondary N) is 1. The maximum absolute atomic E-state index is 10.4. The Labute approximate surface area is 143 Å². The second-order valence-electron chi connectivity index (χ2n) is 5.44. The lowest BCUT2D eigenvalue weighted by Crippen LogP contribution is -2.25. The van der Waals surface area contributed by atoms with Gasteiger partial charge in [-0.25, -0.2) is 4.98 Å². The number of hydrogen-bond acceptors (Lipinski definition) is 5. The molecule has 0 radical (unpaired) electrons. The molecule has 1 aromatic heterocycles. The van der Waals surface area contributed by atoms with Crippen molar-refractivity contribution in [3.05, 3.63) is 59.3 Å². The number of ether oxygens (including phenoxy) is 1. The van der Waals surface area contributed by atoms with Crippen LogP contribution in [0.1, 0.15) is 5.01 Å². The predicted molar refractivity (Wildman–Crippen MR) is 97.2 cm³/mol. The zero-order valence-electron chi connectivity index (χ0n) is 13.0. The monoisotopic (exact) mass is 337 g/mol. The van der Waals surface area contributed by atoms with Gasteiger partial charge in [-0.2, -0.15) is 0 Å². The van der Waals surface area contributed by atoms with E-state index in [1.807, 2.05) is 48.5 Å². The SMILES string of the molecule is COc1ccc(N2CC(O)=C(c3nc4ccccc4s3)C2=N)cc1. The van der Waals surface area contributed by atoms with E-state index >= 15 is 0 Å². The molecule has 2 N–H and O–H groups in total. The number of anilines is 1. The highest BCUT2D eigenvalue weighted by atomic mass is 32.1. The number of para-hydroxylation sites is 1. The molecule has 5 nitrogen and oxygen atoms in total. The van der Waals surface area contributed by atoms with Crippen LogP contribution in [0.2, 0.25) is 0 Å². The molecule has 0 spiro atoms. The summed E-state index contributed by atoms with van der Waals surface area (Å²) >= 11 is 1.49. The van der Waals surface area contributed by atoms with Crippen molar-refractivity contribution >= 4 is 38.6 Å². The molecule has 0 amide bonds. The predicted octanol–water partition coefficient (Wildman–Crippen LogP) is 4.07. The second-order valence-corrected chi connectivity index (χ2v) is 6.47. The number of aliphatic hydroxyl groups is 1. The molecule has 3 aromatic rings. The van der Waals surface area contributed by atoms with E-state index < -0.39 is 0 Å². The van der Waals surface area contributed by atoms with Crippen molar-refractivity contribution in [2.45, 2.75) is 0 Å². The molecule has 0 saturated carbocycles. The first-order chi connectivity index (χ1) is 11.7. The number of aliphatic hydroxyl groups excluding tert-OH is 1. The Kier molecular flexibility index (Phi) is 3.46. The van der Waals surface area contributed by atoms with Gasteiger partial charge in [-0.15, -0.1) is 11.3 Å². The summed E-state index contributed by atoms with van der Waals surface area (Å²) in [5.41, 5.74) is 2.23. The number of rotatable bonds is 3. The van der Waals surface area contributed by atoms with Crippen molar-refractivity contribution in [2.75, 3.05) is 18.6 Å². The molecule has 0 unspecified atom stereocenters. The van der Waals surface area contributed by atoms with E-state index in [4.69, 9.17) is 10.1 Å². The largest absolute Gasteiger partial charge is 0.510 e. The summed E-state index contributed by atoms with van der Waals surface area (Å²) in [6.07, 6.45) is 0. The molecule has 0 aliphatic carbocycles. The van der Waals surface area contributed by atoms with Gasteiger partial charge in [0, 0.05) is 5.69 Å². The van der Waals surface area contributed by atoms with Gasteiger partial charge in [-0.05, 0) is 36.4 Å². The zero-order chi connectivity index (χ0) is 16.7. The van der Waals surface area contributed by atoms with Crippen molar-refractivity contribution in [3.8, 4) is 5.75 Å².